The van der Waals surface area contributed by atoms with E-state index in [4.69, 9.17) is 14.5 Å². The van der Waals surface area contributed by atoms with Crippen LogP contribution in [-0.2, 0) is 17.6 Å². The largest absolute Gasteiger partial charge is 0.496 e. The Morgan fingerprint density at radius 2 is 2.27 bits per heavy atom. The number of methoxy groups -OCH3 is 1. The van der Waals surface area contributed by atoms with Crippen LogP contribution in [0.5, 0.6) is 5.75 Å². The molecule has 0 amide bonds. The summed E-state index contributed by atoms with van der Waals surface area (Å²) in [4.78, 5) is 4.76. The minimum absolute atomic E-state index is 0.422. The molecule has 1 fully saturated rings. The second-order valence-electron chi connectivity index (χ2n) is 6.12. The third-order valence-corrected chi connectivity index (χ3v) is 4.45. The van der Waals surface area contributed by atoms with E-state index in [0.717, 1.165) is 82.0 Å². The predicted molar refractivity (Wildman–Crippen MR) is 87.8 cm³/mol. The number of anilines is 1. The smallest absolute Gasteiger partial charge is 0.133 e. The van der Waals surface area contributed by atoms with Crippen molar-refractivity contribution in [2.75, 3.05) is 38.7 Å². The Hall–Kier alpha value is -1.33. The van der Waals surface area contributed by atoms with Crippen LogP contribution in [0.1, 0.15) is 36.9 Å². The molecular weight excluding hydrogens is 278 g/mol. The van der Waals surface area contributed by atoms with Gasteiger partial charge in [-0.15, -0.1) is 0 Å². The summed E-state index contributed by atoms with van der Waals surface area (Å²) in [5, 5.41) is 6.72. The SMILES string of the molecule is COc1cc(CCCCOC2CCNC2)nc2c1CCCN2. The highest BCUT2D eigenvalue weighted by Crippen LogP contribution is 2.30. The topological polar surface area (TPSA) is 55.4 Å². The molecule has 5 nitrogen and oxygen atoms in total. The van der Waals surface area contributed by atoms with Crippen LogP contribution < -0.4 is 15.4 Å². The van der Waals surface area contributed by atoms with Crippen molar-refractivity contribution in [2.24, 2.45) is 0 Å². The molecule has 0 bridgehead atoms. The summed E-state index contributed by atoms with van der Waals surface area (Å²) in [7, 11) is 1.75. The summed E-state index contributed by atoms with van der Waals surface area (Å²) in [6, 6.07) is 2.10. The van der Waals surface area contributed by atoms with E-state index in [1.165, 1.54) is 5.56 Å². The molecule has 22 heavy (non-hydrogen) atoms. The van der Waals surface area contributed by atoms with Crippen molar-refractivity contribution >= 4 is 5.82 Å². The average molecular weight is 305 g/mol. The van der Waals surface area contributed by atoms with Gasteiger partial charge in [-0.2, -0.15) is 0 Å². The number of aromatic nitrogens is 1. The van der Waals surface area contributed by atoms with Crippen LogP contribution in [-0.4, -0.2) is 44.4 Å². The Bertz CT molecular complexity index is 470. The normalized spacial score (nSPS) is 20.5. The number of aryl methyl sites for hydroxylation is 1. The minimum Gasteiger partial charge on any atom is -0.496 e. The van der Waals surface area contributed by atoms with Gasteiger partial charge in [-0.3, -0.25) is 0 Å². The van der Waals surface area contributed by atoms with Gasteiger partial charge in [-0.1, -0.05) is 0 Å². The summed E-state index contributed by atoms with van der Waals surface area (Å²) < 4.78 is 11.4. The van der Waals surface area contributed by atoms with Gasteiger partial charge in [-0.05, 0) is 45.1 Å². The van der Waals surface area contributed by atoms with Gasteiger partial charge in [0.25, 0.3) is 0 Å². The molecule has 0 aliphatic carbocycles. The summed E-state index contributed by atoms with van der Waals surface area (Å²) in [5.41, 5.74) is 2.35. The van der Waals surface area contributed by atoms with Gasteiger partial charge in [0.2, 0.25) is 0 Å². The number of ether oxygens (including phenoxy) is 2. The summed E-state index contributed by atoms with van der Waals surface area (Å²) in [6.07, 6.45) is 6.96. The number of nitrogens with zero attached hydrogens (tertiary/aromatic N) is 1. The minimum atomic E-state index is 0.422. The molecule has 3 heterocycles. The molecule has 2 aliphatic rings. The molecule has 122 valence electrons. The standard InChI is InChI=1S/C17H27N3O2/c1-21-16-11-13(20-17-15(16)6-4-8-19-17)5-2-3-10-22-14-7-9-18-12-14/h11,14,18H,2-10,12H2,1H3,(H,19,20). The lowest BCUT2D eigenvalue weighted by atomic mass is 10.0. The molecule has 0 saturated carbocycles. The fourth-order valence-electron chi connectivity index (χ4n) is 3.20. The highest BCUT2D eigenvalue weighted by Gasteiger charge is 2.17. The molecular formula is C17H27N3O2. The first-order valence-electron chi connectivity index (χ1n) is 8.50. The monoisotopic (exact) mass is 305 g/mol. The Morgan fingerprint density at radius 3 is 3.09 bits per heavy atom. The number of unbranched alkanes of at least 4 members (excludes halogenated alkanes) is 1. The molecule has 0 radical (unpaired) electrons. The lowest BCUT2D eigenvalue weighted by Crippen LogP contribution is -2.17. The maximum Gasteiger partial charge on any atom is 0.133 e. The molecule has 2 aliphatic heterocycles. The molecule has 1 aromatic rings. The van der Waals surface area contributed by atoms with E-state index in [9.17, 15) is 0 Å². The van der Waals surface area contributed by atoms with Gasteiger partial charge in [-0.25, -0.2) is 4.98 Å². The van der Waals surface area contributed by atoms with E-state index in [1.807, 2.05) is 0 Å². The van der Waals surface area contributed by atoms with E-state index in [0.29, 0.717) is 6.10 Å². The van der Waals surface area contributed by atoms with Gasteiger partial charge in [0.1, 0.15) is 11.6 Å². The van der Waals surface area contributed by atoms with Gasteiger partial charge < -0.3 is 20.1 Å². The Kier molecular flexibility index (Phi) is 5.51. The van der Waals surface area contributed by atoms with E-state index in [2.05, 4.69) is 16.7 Å². The second kappa shape index (κ2) is 7.79. The van der Waals surface area contributed by atoms with Crippen LogP contribution in [0.25, 0.3) is 0 Å². The van der Waals surface area contributed by atoms with Crippen molar-refractivity contribution in [3.8, 4) is 5.75 Å². The number of hydrogen-bond acceptors (Lipinski definition) is 5. The van der Waals surface area contributed by atoms with E-state index >= 15 is 0 Å². The first-order chi connectivity index (χ1) is 10.9. The Balaban J connectivity index is 1.47. The van der Waals surface area contributed by atoms with E-state index < -0.39 is 0 Å². The van der Waals surface area contributed by atoms with E-state index in [1.54, 1.807) is 7.11 Å². The first-order valence-corrected chi connectivity index (χ1v) is 8.50. The lowest BCUT2D eigenvalue weighted by molar-refractivity contribution is 0.0645. The third-order valence-electron chi connectivity index (χ3n) is 4.45. The van der Waals surface area contributed by atoms with Crippen LogP contribution in [0.4, 0.5) is 5.82 Å². The average Bonchev–Trinajstić information content (AvgIpc) is 3.07. The molecule has 5 heteroatoms. The molecule has 1 saturated heterocycles. The molecule has 0 spiro atoms. The maximum atomic E-state index is 5.86. The van der Waals surface area contributed by atoms with Crippen molar-refractivity contribution in [1.29, 1.82) is 0 Å². The van der Waals surface area contributed by atoms with Crippen LogP contribution >= 0.6 is 0 Å². The van der Waals surface area contributed by atoms with Crippen molar-refractivity contribution in [3.63, 3.8) is 0 Å². The molecule has 0 aromatic carbocycles. The van der Waals surface area contributed by atoms with Gasteiger partial charge in [0, 0.05) is 37.0 Å². The number of pyridine rings is 1. The van der Waals surface area contributed by atoms with Crippen molar-refractivity contribution < 1.29 is 9.47 Å². The molecule has 1 aromatic heterocycles. The maximum absolute atomic E-state index is 5.86. The second-order valence-corrected chi connectivity index (χ2v) is 6.12. The Morgan fingerprint density at radius 1 is 1.32 bits per heavy atom. The lowest BCUT2D eigenvalue weighted by Gasteiger charge is -2.20. The van der Waals surface area contributed by atoms with Crippen LogP contribution in [0.15, 0.2) is 6.07 Å². The van der Waals surface area contributed by atoms with Gasteiger partial charge in [0.15, 0.2) is 0 Å². The zero-order valence-electron chi connectivity index (χ0n) is 13.5. The summed E-state index contributed by atoms with van der Waals surface area (Å²) >= 11 is 0. The summed E-state index contributed by atoms with van der Waals surface area (Å²) in [5.74, 6) is 2.01. The predicted octanol–water partition coefficient (Wildman–Crippen LogP) is 2.15. The van der Waals surface area contributed by atoms with Gasteiger partial charge in [0.05, 0.1) is 13.2 Å². The van der Waals surface area contributed by atoms with Crippen LogP contribution in [0.3, 0.4) is 0 Å². The van der Waals surface area contributed by atoms with Crippen molar-refractivity contribution in [2.45, 2.75) is 44.6 Å². The number of nitrogens with one attached hydrogen (secondary N) is 2. The highest BCUT2D eigenvalue weighted by atomic mass is 16.5. The highest BCUT2D eigenvalue weighted by molar-refractivity contribution is 5.54. The number of hydrogen-bond donors (Lipinski definition) is 2. The quantitative estimate of drug-likeness (QED) is 0.756. The van der Waals surface area contributed by atoms with Gasteiger partial charge >= 0.3 is 0 Å². The summed E-state index contributed by atoms with van der Waals surface area (Å²) in [6.45, 7) is 3.97. The van der Waals surface area contributed by atoms with Crippen LogP contribution in [0.2, 0.25) is 0 Å². The third kappa shape index (κ3) is 3.90. The first kappa shape index (κ1) is 15.6. The van der Waals surface area contributed by atoms with Crippen molar-refractivity contribution in [1.82, 2.24) is 10.3 Å². The molecule has 2 N–H and O–H groups in total. The molecule has 1 unspecified atom stereocenters. The molecule has 3 rings (SSSR count). The zero-order chi connectivity index (χ0) is 15.2. The van der Waals surface area contributed by atoms with Crippen molar-refractivity contribution in [3.05, 3.63) is 17.3 Å². The Labute approximate surface area is 132 Å². The number of rotatable bonds is 7. The fourth-order valence-corrected chi connectivity index (χ4v) is 3.20. The fraction of sp³-hybridized carbons (Fsp3) is 0.706. The number of fused-ring (bicyclic) bond motifs is 1. The molecule has 1 atom stereocenters. The van der Waals surface area contributed by atoms with E-state index in [-0.39, 0.29) is 0 Å². The van der Waals surface area contributed by atoms with Crippen LogP contribution in [0, 0.1) is 0 Å². The zero-order valence-corrected chi connectivity index (χ0v) is 13.5.